The van der Waals surface area contributed by atoms with Crippen molar-refractivity contribution >= 4 is 11.8 Å². The molecule has 9 aliphatic rings. The van der Waals surface area contributed by atoms with Crippen LogP contribution in [0, 0.1) is 28.6 Å². The van der Waals surface area contributed by atoms with Gasteiger partial charge in [0.05, 0.1) is 36.4 Å². The van der Waals surface area contributed by atoms with Crippen LogP contribution in [0.25, 0.3) is 0 Å². The summed E-state index contributed by atoms with van der Waals surface area (Å²) in [4.78, 5) is 26.5. The van der Waals surface area contributed by atoms with Crippen LogP contribution in [0.3, 0.4) is 0 Å². The maximum absolute atomic E-state index is 14.5. The third-order valence-corrected chi connectivity index (χ3v) is 14.6. The van der Waals surface area contributed by atoms with Gasteiger partial charge in [0.2, 0.25) is 12.1 Å². The second-order valence-electron chi connectivity index (χ2n) is 17.0. The molecule has 0 amide bonds. The summed E-state index contributed by atoms with van der Waals surface area (Å²) in [6.07, 6.45) is -10.7. The van der Waals surface area contributed by atoms with Gasteiger partial charge in [0.1, 0.15) is 54.4 Å². The van der Waals surface area contributed by atoms with E-state index in [9.17, 15) is 45.3 Å². The summed E-state index contributed by atoms with van der Waals surface area (Å²) >= 11 is 0. The van der Waals surface area contributed by atoms with Crippen LogP contribution in [0.5, 0.6) is 0 Å². The van der Waals surface area contributed by atoms with Gasteiger partial charge in [-0.15, -0.1) is 0 Å². The number of aliphatic hydroxyl groups is 7. The van der Waals surface area contributed by atoms with E-state index >= 15 is 0 Å². The van der Waals surface area contributed by atoms with E-state index in [1.807, 2.05) is 6.92 Å². The molecule has 0 radical (unpaired) electrons. The zero-order chi connectivity index (χ0) is 36.2. The molecule has 284 valence electrons. The van der Waals surface area contributed by atoms with Gasteiger partial charge in [0.15, 0.2) is 12.1 Å². The first-order valence-electron chi connectivity index (χ1n) is 18.2. The first-order chi connectivity index (χ1) is 24.0. The molecule has 0 aromatic rings. The molecule has 16 heteroatoms. The SMILES string of the molecule is C[C@@H]1C[C@@H](O[C@@H]2O[C@H](CO)[C@H](O)[C@@H](O)[C@@H]2O)[C@]2(O)O[C@@H]3C[C@@]4(C)[C@@H](C[C@@H]5O[C@]56[C@@H]4[C@H](O)C(=O)[C@]4(C)[C@@H](C5=CC(=O)OC5)CC[C@]64O)C[C@H]3O[C@@H]2O1. The van der Waals surface area contributed by atoms with E-state index in [4.69, 9.17) is 33.2 Å². The summed E-state index contributed by atoms with van der Waals surface area (Å²) in [5.74, 6) is -4.65. The van der Waals surface area contributed by atoms with Gasteiger partial charge in [0.25, 0.3) is 0 Å². The van der Waals surface area contributed by atoms with Crippen LogP contribution in [-0.4, -0.2) is 151 Å². The summed E-state index contributed by atoms with van der Waals surface area (Å²) in [5.41, 5.74) is -4.47. The van der Waals surface area contributed by atoms with Gasteiger partial charge in [-0.1, -0.05) is 6.92 Å². The van der Waals surface area contributed by atoms with Gasteiger partial charge in [-0.05, 0) is 68.8 Å². The molecule has 0 aromatic carbocycles. The molecular weight excluding hydrogens is 676 g/mol. The molecule has 4 saturated heterocycles. The second-order valence-corrected chi connectivity index (χ2v) is 17.0. The number of aliphatic hydroxyl groups excluding tert-OH is 5. The van der Waals surface area contributed by atoms with Crippen LogP contribution in [0.2, 0.25) is 0 Å². The molecule has 0 bridgehead atoms. The summed E-state index contributed by atoms with van der Waals surface area (Å²) in [6, 6.07) is 0. The lowest BCUT2D eigenvalue weighted by atomic mass is 9.41. The van der Waals surface area contributed by atoms with Crippen molar-refractivity contribution in [1.82, 2.24) is 0 Å². The van der Waals surface area contributed by atoms with Crippen molar-refractivity contribution in [2.45, 2.75) is 150 Å². The molecule has 0 aromatic heterocycles. The molecular formula is C35H48O16. The Morgan fingerprint density at radius 3 is 2.41 bits per heavy atom. The Hall–Kier alpha value is -1.64. The van der Waals surface area contributed by atoms with Crippen LogP contribution < -0.4 is 0 Å². The van der Waals surface area contributed by atoms with E-state index < -0.39 is 132 Å². The number of hydrogen-bond acceptors (Lipinski definition) is 16. The highest BCUT2D eigenvalue weighted by atomic mass is 16.8. The van der Waals surface area contributed by atoms with E-state index in [1.165, 1.54) is 6.08 Å². The number of carbonyl (C=O) groups is 2. The normalized spacial score (nSPS) is 60.1. The molecule has 20 atom stereocenters. The topological polar surface area (TPSA) is 244 Å². The fourth-order valence-electron chi connectivity index (χ4n) is 12.0. The van der Waals surface area contributed by atoms with Crippen molar-refractivity contribution in [2.24, 2.45) is 28.6 Å². The third kappa shape index (κ3) is 4.36. The number of fused-ring (bicyclic) bond motifs is 5. The highest BCUT2D eigenvalue weighted by Gasteiger charge is 2.89. The zero-order valence-corrected chi connectivity index (χ0v) is 28.7. The zero-order valence-electron chi connectivity index (χ0n) is 28.7. The van der Waals surface area contributed by atoms with Crippen LogP contribution in [0.1, 0.15) is 59.3 Å². The summed E-state index contributed by atoms with van der Waals surface area (Å²) in [6.45, 7) is 4.78. The number of ketones is 1. The lowest BCUT2D eigenvalue weighted by molar-refractivity contribution is -0.471. The van der Waals surface area contributed by atoms with E-state index in [0.29, 0.717) is 24.8 Å². The van der Waals surface area contributed by atoms with Gasteiger partial charge < -0.3 is 68.9 Å². The van der Waals surface area contributed by atoms with Gasteiger partial charge in [-0.25, -0.2) is 4.79 Å². The number of ether oxygens (including phenoxy) is 7. The maximum Gasteiger partial charge on any atom is 0.331 e. The Bertz CT molecular complexity index is 1520. The van der Waals surface area contributed by atoms with Crippen molar-refractivity contribution in [3.05, 3.63) is 11.6 Å². The van der Waals surface area contributed by atoms with Gasteiger partial charge in [-0.3, -0.25) is 4.79 Å². The van der Waals surface area contributed by atoms with Gasteiger partial charge >= 0.3 is 5.97 Å². The van der Waals surface area contributed by atoms with Crippen LogP contribution in [0.15, 0.2) is 11.6 Å². The Morgan fingerprint density at radius 2 is 1.71 bits per heavy atom. The van der Waals surface area contributed by atoms with E-state index in [2.05, 4.69) is 0 Å². The Kier molecular flexibility index (Phi) is 7.71. The molecule has 1 spiro atoms. The average Bonchev–Trinajstić information content (AvgIpc) is 3.52. The summed E-state index contributed by atoms with van der Waals surface area (Å²) < 4.78 is 42.3. The van der Waals surface area contributed by atoms with Crippen LogP contribution >= 0.6 is 0 Å². The van der Waals surface area contributed by atoms with Crippen molar-refractivity contribution in [1.29, 1.82) is 0 Å². The van der Waals surface area contributed by atoms with Crippen molar-refractivity contribution in [2.75, 3.05) is 13.2 Å². The predicted octanol–water partition coefficient (Wildman–Crippen LogP) is -2.07. The number of carbonyl (C=O) groups excluding carboxylic acids is 2. The van der Waals surface area contributed by atoms with E-state index in [1.54, 1.807) is 13.8 Å². The van der Waals surface area contributed by atoms with E-state index in [0.717, 1.165) is 0 Å². The monoisotopic (exact) mass is 724 g/mol. The summed E-state index contributed by atoms with van der Waals surface area (Å²) in [7, 11) is 0. The minimum absolute atomic E-state index is 0.0347. The predicted molar refractivity (Wildman–Crippen MR) is 165 cm³/mol. The van der Waals surface area contributed by atoms with Crippen molar-refractivity contribution in [3.8, 4) is 0 Å². The average molecular weight is 725 g/mol. The van der Waals surface area contributed by atoms with Crippen LogP contribution in [0.4, 0.5) is 0 Å². The van der Waals surface area contributed by atoms with E-state index in [-0.39, 0.29) is 31.8 Å². The molecule has 7 N–H and O–H groups in total. The number of rotatable bonds is 4. The minimum atomic E-state index is -2.23. The largest absolute Gasteiger partial charge is 0.458 e. The molecule has 5 heterocycles. The fourth-order valence-corrected chi connectivity index (χ4v) is 12.0. The Labute approximate surface area is 293 Å². The first-order valence-corrected chi connectivity index (χ1v) is 18.2. The lowest BCUT2D eigenvalue weighted by Crippen LogP contribution is -2.77. The molecule has 4 saturated carbocycles. The number of Topliss-reactive ketones (excluding diaryl/α,β-unsaturated/α-hetero) is 1. The number of esters is 1. The smallest absolute Gasteiger partial charge is 0.331 e. The molecule has 0 unspecified atom stereocenters. The van der Waals surface area contributed by atoms with Crippen molar-refractivity contribution < 1.29 is 78.5 Å². The standard InChI is InChI=1S/C35H48O16/c1-13-6-21(49-29-25(40)24(39)23(38)19(11-36)47-29)35(44)30(46-13)48-17-8-15-9-20-34(51-20)27(31(15,2)10-18(17)50-35)26(41)28(42)32(3)16(4-5-33(32,34)43)14-7-22(37)45-12-14/h7,13,15-21,23-27,29-30,36,38-41,43-44H,4-6,8-12H2,1-3H3/t13-,15-,16-,17-,18-,19-,20+,21-,23+,24-,25+,26+,27-,29+,30+,31+,32+,33-,34+,35+/m1/s1. The molecule has 51 heavy (non-hydrogen) atoms. The quantitative estimate of drug-likeness (QED) is 0.0935. The molecule has 4 aliphatic carbocycles. The Balaban J connectivity index is 1.01. The second kappa shape index (κ2) is 11.2. The molecule has 16 nitrogen and oxygen atoms in total. The molecule has 9 rings (SSSR count). The van der Waals surface area contributed by atoms with Crippen LogP contribution in [-0.2, 0) is 42.7 Å². The summed E-state index contributed by atoms with van der Waals surface area (Å²) in [5, 5.41) is 78.0. The highest BCUT2D eigenvalue weighted by molar-refractivity contribution is 5.94. The van der Waals surface area contributed by atoms with Gasteiger partial charge in [-0.2, -0.15) is 0 Å². The Morgan fingerprint density at radius 1 is 0.941 bits per heavy atom. The minimum Gasteiger partial charge on any atom is -0.458 e. The third-order valence-electron chi connectivity index (χ3n) is 14.6. The number of epoxide rings is 1. The van der Waals surface area contributed by atoms with Crippen molar-refractivity contribution in [3.63, 3.8) is 0 Å². The maximum atomic E-state index is 14.5. The molecule has 8 fully saturated rings. The molecule has 5 aliphatic heterocycles. The number of hydrogen-bond donors (Lipinski definition) is 7. The first kappa shape index (κ1) is 35.1. The fraction of sp³-hybridized carbons (Fsp3) is 0.886. The lowest BCUT2D eigenvalue weighted by Gasteiger charge is -2.64. The number of cyclic esters (lactones) is 1. The van der Waals surface area contributed by atoms with Gasteiger partial charge in [0, 0.05) is 18.4 Å². The highest BCUT2D eigenvalue weighted by Crippen LogP contribution is 2.77.